The van der Waals surface area contributed by atoms with E-state index in [9.17, 15) is 14.4 Å². The number of ether oxygens (including phenoxy) is 1. The number of carbonyl (C=O) groups excluding carboxylic acids is 2. The number of benzene rings is 1. The maximum Gasteiger partial charge on any atom is 0.274 e. The van der Waals surface area contributed by atoms with Crippen LogP contribution in [-0.2, 0) is 4.79 Å². The molecule has 28 heavy (non-hydrogen) atoms. The summed E-state index contributed by atoms with van der Waals surface area (Å²) in [5.74, 6) is 0.170. The van der Waals surface area contributed by atoms with Gasteiger partial charge in [-0.05, 0) is 43.7 Å². The summed E-state index contributed by atoms with van der Waals surface area (Å²) in [4.78, 5) is 39.7. The lowest BCUT2D eigenvalue weighted by Crippen LogP contribution is -2.43. The second-order valence-corrected chi connectivity index (χ2v) is 6.93. The van der Waals surface area contributed by atoms with Gasteiger partial charge in [0.15, 0.2) is 6.10 Å². The largest absolute Gasteiger partial charge is 0.481 e. The summed E-state index contributed by atoms with van der Waals surface area (Å²) in [6.07, 6.45) is -0.00148. The first-order valence-electron chi connectivity index (χ1n) is 9.00. The highest BCUT2D eigenvalue weighted by molar-refractivity contribution is 6.30. The van der Waals surface area contributed by atoms with E-state index in [0.29, 0.717) is 43.4 Å². The molecule has 1 unspecified atom stereocenters. The number of H-pyrrole nitrogens is 1. The van der Waals surface area contributed by atoms with E-state index in [0.717, 1.165) is 0 Å². The van der Waals surface area contributed by atoms with Gasteiger partial charge in [0.1, 0.15) is 11.4 Å². The van der Waals surface area contributed by atoms with E-state index in [4.69, 9.17) is 16.3 Å². The Balaban J connectivity index is 1.58. The molecule has 9 heteroatoms. The van der Waals surface area contributed by atoms with Crippen molar-refractivity contribution in [3.05, 3.63) is 57.5 Å². The standard InChI is InChI=1S/C19H21ClN4O4/c1-13(28-15-5-3-14(20)4-6-15)18(26)23-9-2-10-24(12-11-23)19(27)16-7-8-17(25)22-21-16/h3-8,13H,2,9-12H2,1H3,(H,22,25). The van der Waals surface area contributed by atoms with Crippen LogP contribution < -0.4 is 10.3 Å². The van der Waals surface area contributed by atoms with Crippen LogP contribution in [0.4, 0.5) is 0 Å². The summed E-state index contributed by atoms with van der Waals surface area (Å²) in [5, 5.41) is 6.64. The number of amides is 2. The minimum atomic E-state index is -0.649. The first kappa shape index (κ1) is 19.9. The Labute approximate surface area is 167 Å². The summed E-state index contributed by atoms with van der Waals surface area (Å²) in [5.41, 5.74) is -0.183. The maximum atomic E-state index is 12.7. The number of hydrogen-bond donors (Lipinski definition) is 1. The Hall–Kier alpha value is -2.87. The third kappa shape index (κ3) is 4.89. The summed E-state index contributed by atoms with van der Waals surface area (Å²) in [6, 6.07) is 9.50. The fourth-order valence-electron chi connectivity index (χ4n) is 2.99. The molecule has 1 saturated heterocycles. The second-order valence-electron chi connectivity index (χ2n) is 6.49. The summed E-state index contributed by atoms with van der Waals surface area (Å²) in [6.45, 7) is 3.54. The molecule has 1 fully saturated rings. The predicted molar refractivity (Wildman–Crippen MR) is 104 cm³/mol. The zero-order chi connectivity index (χ0) is 20.1. The maximum absolute atomic E-state index is 12.7. The number of rotatable bonds is 4. The molecule has 1 aromatic heterocycles. The molecule has 0 saturated carbocycles. The lowest BCUT2D eigenvalue weighted by atomic mass is 10.3. The second kappa shape index (κ2) is 8.88. The van der Waals surface area contributed by atoms with Gasteiger partial charge in [-0.25, -0.2) is 5.10 Å². The van der Waals surface area contributed by atoms with Gasteiger partial charge < -0.3 is 14.5 Å². The van der Waals surface area contributed by atoms with Crippen LogP contribution >= 0.6 is 11.6 Å². The molecular formula is C19H21ClN4O4. The van der Waals surface area contributed by atoms with Crippen molar-refractivity contribution in [1.29, 1.82) is 0 Å². The highest BCUT2D eigenvalue weighted by Gasteiger charge is 2.27. The molecule has 0 radical (unpaired) electrons. The molecule has 1 aromatic carbocycles. The highest BCUT2D eigenvalue weighted by Crippen LogP contribution is 2.18. The molecule has 0 spiro atoms. The lowest BCUT2D eigenvalue weighted by Gasteiger charge is -2.25. The third-order valence-corrected chi connectivity index (χ3v) is 4.72. The number of carbonyl (C=O) groups is 2. The minimum Gasteiger partial charge on any atom is -0.481 e. The molecule has 1 atom stereocenters. The molecule has 0 bridgehead atoms. The van der Waals surface area contributed by atoms with Crippen molar-refractivity contribution >= 4 is 23.4 Å². The lowest BCUT2D eigenvalue weighted by molar-refractivity contribution is -0.137. The number of aromatic amines is 1. The Kier molecular flexibility index (Phi) is 6.30. The summed E-state index contributed by atoms with van der Waals surface area (Å²) < 4.78 is 5.71. The predicted octanol–water partition coefficient (Wildman–Crippen LogP) is 1.57. The number of nitrogens with zero attached hydrogens (tertiary/aromatic N) is 3. The number of nitrogens with one attached hydrogen (secondary N) is 1. The van der Waals surface area contributed by atoms with Crippen molar-refractivity contribution in [3.63, 3.8) is 0 Å². The van der Waals surface area contributed by atoms with Crippen molar-refractivity contribution < 1.29 is 14.3 Å². The Morgan fingerprint density at radius 2 is 1.75 bits per heavy atom. The fraction of sp³-hybridized carbons (Fsp3) is 0.368. The van der Waals surface area contributed by atoms with E-state index in [1.165, 1.54) is 12.1 Å². The Morgan fingerprint density at radius 1 is 1.07 bits per heavy atom. The van der Waals surface area contributed by atoms with Gasteiger partial charge in [-0.2, -0.15) is 5.10 Å². The van der Waals surface area contributed by atoms with Crippen LogP contribution in [0.1, 0.15) is 23.8 Å². The zero-order valence-electron chi connectivity index (χ0n) is 15.4. The molecule has 2 aromatic rings. The Morgan fingerprint density at radius 3 is 2.43 bits per heavy atom. The van der Waals surface area contributed by atoms with Crippen LogP contribution in [0.3, 0.4) is 0 Å². The van der Waals surface area contributed by atoms with Crippen LogP contribution in [0.15, 0.2) is 41.2 Å². The van der Waals surface area contributed by atoms with E-state index in [1.54, 1.807) is 41.0 Å². The van der Waals surface area contributed by atoms with Gasteiger partial charge in [-0.3, -0.25) is 14.4 Å². The fourth-order valence-corrected chi connectivity index (χ4v) is 3.12. The topological polar surface area (TPSA) is 95.6 Å². The van der Waals surface area contributed by atoms with Crippen LogP contribution in [0.25, 0.3) is 0 Å². The number of aromatic nitrogens is 2. The van der Waals surface area contributed by atoms with E-state index in [-0.39, 0.29) is 23.1 Å². The normalized spacial score (nSPS) is 15.6. The quantitative estimate of drug-likeness (QED) is 0.834. The molecule has 1 aliphatic heterocycles. The number of hydrogen-bond acceptors (Lipinski definition) is 5. The van der Waals surface area contributed by atoms with E-state index in [2.05, 4.69) is 10.2 Å². The molecular weight excluding hydrogens is 384 g/mol. The van der Waals surface area contributed by atoms with Crippen molar-refractivity contribution in [1.82, 2.24) is 20.0 Å². The Bertz CT molecular complexity index is 879. The summed E-state index contributed by atoms with van der Waals surface area (Å²) in [7, 11) is 0. The summed E-state index contributed by atoms with van der Waals surface area (Å²) >= 11 is 5.86. The smallest absolute Gasteiger partial charge is 0.274 e. The average molecular weight is 405 g/mol. The van der Waals surface area contributed by atoms with Gasteiger partial charge >= 0.3 is 0 Å². The molecule has 2 amide bonds. The molecule has 2 heterocycles. The third-order valence-electron chi connectivity index (χ3n) is 4.47. The molecule has 3 rings (SSSR count). The van der Waals surface area contributed by atoms with Crippen LogP contribution in [0, 0.1) is 0 Å². The molecule has 8 nitrogen and oxygen atoms in total. The average Bonchev–Trinajstić information content (AvgIpc) is 2.95. The molecule has 148 valence electrons. The molecule has 1 N–H and O–H groups in total. The van der Waals surface area contributed by atoms with Gasteiger partial charge in [0, 0.05) is 37.3 Å². The van der Waals surface area contributed by atoms with E-state index in [1.807, 2.05) is 0 Å². The van der Waals surface area contributed by atoms with Gasteiger partial charge in [0.25, 0.3) is 17.4 Å². The first-order valence-corrected chi connectivity index (χ1v) is 9.38. The van der Waals surface area contributed by atoms with Crippen LogP contribution in [-0.4, -0.2) is 64.1 Å². The SMILES string of the molecule is CC(Oc1ccc(Cl)cc1)C(=O)N1CCCN(C(=O)c2ccc(=O)[nH]n2)CC1. The van der Waals surface area contributed by atoms with Gasteiger partial charge in [-0.15, -0.1) is 0 Å². The van der Waals surface area contributed by atoms with Gasteiger partial charge in [0.2, 0.25) is 0 Å². The van der Waals surface area contributed by atoms with Crippen LogP contribution in [0.5, 0.6) is 5.75 Å². The van der Waals surface area contributed by atoms with Crippen molar-refractivity contribution in [3.8, 4) is 5.75 Å². The van der Waals surface area contributed by atoms with E-state index >= 15 is 0 Å². The van der Waals surface area contributed by atoms with E-state index < -0.39 is 6.10 Å². The van der Waals surface area contributed by atoms with Crippen LogP contribution in [0.2, 0.25) is 5.02 Å². The first-order chi connectivity index (χ1) is 13.4. The van der Waals surface area contributed by atoms with Gasteiger partial charge in [-0.1, -0.05) is 11.6 Å². The number of halogens is 1. The molecule has 0 aliphatic carbocycles. The zero-order valence-corrected chi connectivity index (χ0v) is 16.2. The molecule has 1 aliphatic rings. The van der Waals surface area contributed by atoms with Gasteiger partial charge in [0.05, 0.1) is 0 Å². The van der Waals surface area contributed by atoms with Crippen molar-refractivity contribution in [2.24, 2.45) is 0 Å². The monoisotopic (exact) mass is 404 g/mol. The van der Waals surface area contributed by atoms with Crippen molar-refractivity contribution in [2.75, 3.05) is 26.2 Å². The highest BCUT2D eigenvalue weighted by atomic mass is 35.5. The van der Waals surface area contributed by atoms with Crippen molar-refractivity contribution in [2.45, 2.75) is 19.4 Å². The minimum absolute atomic E-state index is 0.133.